The molecule has 0 amide bonds. The SMILES string of the molecule is CCC(Cc1cccc(O)c1)N1CCC(C(=O)O)CC1. The van der Waals surface area contributed by atoms with E-state index in [1.165, 1.54) is 0 Å². The zero-order valence-electron chi connectivity index (χ0n) is 12.0. The van der Waals surface area contributed by atoms with Crippen LogP contribution in [-0.2, 0) is 11.2 Å². The lowest BCUT2D eigenvalue weighted by molar-refractivity contribution is -0.143. The van der Waals surface area contributed by atoms with E-state index in [9.17, 15) is 9.90 Å². The smallest absolute Gasteiger partial charge is 0.306 e. The molecule has 110 valence electrons. The molecule has 0 saturated carbocycles. The second-order valence-electron chi connectivity index (χ2n) is 5.58. The second-order valence-corrected chi connectivity index (χ2v) is 5.58. The van der Waals surface area contributed by atoms with Gasteiger partial charge in [0.15, 0.2) is 0 Å². The number of rotatable bonds is 5. The fourth-order valence-electron chi connectivity index (χ4n) is 3.00. The maximum Gasteiger partial charge on any atom is 0.306 e. The van der Waals surface area contributed by atoms with E-state index in [1.54, 1.807) is 6.07 Å². The number of phenolic OH excluding ortho intramolecular Hbond substituents is 1. The molecule has 1 heterocycles. The predicted molar refractivity (Wildman–Crippen MR) is 77.8 cm³/mol. The quantitative estimate of drug-likeness (QED) is 0.868. The van der Waals surface area contributed by atoms with Gasteiger partial charge in [0.2, 0.25) is 0 Å². The Bertz CT molecular complexity index is 453. The number of hydrogen-bond donors (Lipinski definition) is 2. The van der Waals surface area contributed by atoms with Gasteiger partial charge in [-0.15, -0.1) is 0 Å². The molecule has 1 atom stereocenters. The first-order valence-corrected chi connectivity index (χ1v) is 7.35. The summed E-state index contributed by atoms with van der Waals surface area (Å²) in [5.74, 6) is -0.530. The van der Waals surface area contributed by atoms with Crippen LogP contribution in [0, 0.1) is 5.92 Å². The Labute approximate surface area is 120 Å². The summed E-state index contributed by atoms with van der Waals surface area (Å²) in [6, 6.07) is 7.82. The van der Waals surface area contributed by atoms with Gasteiger partial charge in [-0.2, -0.15) is 0 Å². The molecule has 0 spiro atoms. The molecule has 2 N–H and O–H groups in total. The van der Waals surface area contributed by atoms with Crippen molar-refractivity contribution in [3.63, 3.8) is 0 Å². The van der Waals surface area contributed by atoms with Crippen molar-refractivity contribution >= 4 is 5.97 Å². The van der Waals surface area contributed by atoms with Crippen molar-refractivity contribution in [2.45, 2.75) is 38.6 Å². The molecule has 0 bridgehead atoms. The van der Waals surface area contributed by atoms with E-state index in [0.717, 1.165) is 44.3 Å². The second kappa shape index (κ2) is 6.75. The van der Waals surface area contributed by atoms with Crippen LogP contribution in [0.15, 0.2) is 24.3 Å². The molecule has 4 heteroatoms. The molecule has 2 rings (SSSR count). The third kappa shape index (κ3) is 3.73. The van der Waals surface area contributed by atoms with Gasteiger partial charge < -0.3 is 15.1 Å². The third-order valence-corrected chi connectivity index (χ3v) is 4.25. The molecule has 1 aromatic rings. The van der Waals surface area contributed by atoms with Crippen LogP contribution in [0.2, 0.25) is 0 Å². The van der Waals surface area contributed by atoms with Crippen molar-refractivity contribution in [3.8, 4) is 5.75 Å². The highest BCUT2D eigenvalue weighted by Crippen LogP contribution is 2.23. The number of carbonyl (C=O) groups is 1. The van der Waals surface area contributed by atoms with E-state index in [0.29, 0.717) is 11.8 Å². The molecule has 1 unspecified atom stereocenters. The monoisotopic (exact) mass is 277 g/mol. The molecule has 0 aromatic heterocycles. The van der Waals surface area contributed by atoms with Crippen LogP contribution in [0.1, 0.15) is 31.7 Å². The first-order valence-electron chi connectivity index (χ1n) is 7.35. The summed E-state index contributed by atoms with van der Waals surface area (Å²) in [6.45, 7) is 3.87. The minimum Gasteiger partial charge on any atom is -0.508 e. The summed E-state index contributed by atoms with van der Waals surface area (Å²) in [6.07, 6.45) is 3.42. The third-order valence-electron chi connectivity index (χ3n) is 4.25. The summed E-state index contributed by atoms with van der Waals surface area (Å²) in [5, 5.41) is 18.6. The van der Waals surface area contributed by atoms with Crippen molar-refractivity contribution in [2.24, 2.45) is 5.92 Å². The average Bonchev–Trinajstić information content (AvgIpc) is 2.45. The molecule has 1 saturated heterocycles. The van der Waals surface area contributed by atoms with Crippen LogP contribution in [0.3, 0.4) is 0 Å². The Kier molecular flexibility index (Phi) is 5.01. The van der Waals surface area contributed by atoms with E-state index in [-0.39, 0.29) is 5.92 Å². The van der Waals surface area contributed by atoms with E-state index < -0.39 is 5.97 Å². The van der Waals surface area contributed by atoms with Crippen molar-refractivity contribution in [1.82, 2.24) is 4.90 Å². The molecule has 20 heavy (non-hydrogen) atoms. The molecule has 0 radical (unpaired) electrons. The molecule has 1 fully saturated rings. The van der Waals surface area contributed by atoms with Crippen molar-refractivity contribution in [3.05, 3.63) is 29.8 Å². The summed E-state index contributed by atoms with van der Waals surface area (Å²) < 4.78 is 0. The van der Waals surface area contributed by atoms with Crippen LogP contribution in [0.4, 0.5) is 0 Å². The first-order chi connectivity index (χ1) is 9.60. The van der Waals surface area contributed by atoms with Gasteiger partial charge in [-0.25, -0.2) is 0 Å². The number of hydrogen-bond acceptors (Lipinski definition) is 3. The minimum atomic E-state index is -0.661. The van der Waals surface area contributed by atoms with E-state index in [4.69, 9.17) is 5.11 Å². The Morgan fingerprint density at radius 3 is 2.65 bits per heavy atom. The van der Waals surface area contributed by atoms with Gasteiger partial charge in [0.1, 0.15) is 5.75 Å². The number of likely N-dealkylation sites (tertiary alicyclic amines) is 1. The summed E-state index contributed by atoms with van der Waals surface area (Å²) in [4.78, 5) is 13.4. The fraction of sp³-hybridized carbons (Fsp3) is 0.562. The summed E-state index contributed by atoms with van der Waals surface area (Å²) in [5.41, 5.74) is 1.14. The zero-order chi connectivity index (χ0) is 14.5. The molecule has 1 aromatic carbocycles. The molecule has 4 nitrogen and oxygen atoms in total. The summed E-state index contributed by atoms with van der Waals surface area (Å²) >= 11 is 0. The van der Waals surface area contributed by atoms with Crippen molar-refractivity contribution < 1.29 is 15.0 Å². The Morgan fingerprint density at radius 2 is 2.10 bits per heavy atom. The Balaban J connectivity index is 1.94. The minimum absolute atomic E-state index is 0.176. The molecule has 0 aliphatic carbocycles. The maximum atomic E-state index is 11.0. The lowest BCUT2D eigenvalue weighted by atomic mass is 9.93. The number of phenols is 1. The van der Waals surface area contributed by atoms with Crippen LogP contribution < -0.4 is 0 Å². The number of carboxylic acids is 1. The highest BCUT2D eigenvalue weighted by Gasteiger charge is 2.27. The van der Waals surface area contributed by atoms with Gasteiger partial charge in [-0.1, -0.05) is 19.1 Å². The van der Waals surface area contributed by atoms with Crippen LogP contribution in [-0.4, -0.2) is 40.2 Å². The van der Waals surface area contributed by atoms with Crippen molar-refractivity contribution in [1.29, 1.82) is 0 Å². The van der Waals surface area contributed by atoms with Crippen LogP contribution >= 0.6 is 0 Å². The maximum absolute atomic E-state index is 11.0. The van der Waals surface area contributed by atoms with Gasteiger partial charge >= 0.3 is 5.97 Å². The number of aromatic hydroxyl groups is 1. The number of carboxylic acid groups (broad SMARTS) is 1. The van der Waals surface area contributed by atoms with Crippen LogP contribution in [0.5, 0.6) is 5.75 Å². The average molecular weight is 277 g/mol. The van der Waals surface area contributed by atoms with Gasteiger partial charge in [-0.3, -0.25) is 4.79 Å². The van der Waals surface area contributed by atoms with Crippen LogP contribution in [0.25, 0.3) is 0 Å². The highest BCUT2D eigenvalue weighted by atomic mass is 16.4. The van der Waals surface area contributed by atoms with Gasteiger partial charge in [0.25, 0.3) is 0 Å². The number of piperidine rings is 1. The van der Waals surface area contributed by atoms with E-state index in [1.807, 2.05) is 18.2 Å². The largest absolute Gasteiger partial charge is 0.508 e. The van der Waals surface area contributed by atoms with E-state index >= 15 is 0 Å². The standard InChI is InChI=1S/C16H23NO3/c1-2-14(10-12-4-3-5-15(18)11-12)17-8-6-13(7-9-17)16(19)20/h3-5,11,13-14,18H,2,6-10H2,1H3,(H,19,20). The molecule has 1 aliphatic heterocycles. The summed E-state index contributed by atoms with van der Waals surface area (Å²) in [7, 11) is 0. The molecular weight excluding hydrogens is 254 g/mol. The first kappa shape index (κ1) is 14.9. The van der Waals surface area contributed by atoms with Gasteiger partial charge in [0, 0.05) is 6.04 Å². The van der Waals surface area contributed by atoms with Gasteiger partial charge in [0.05, 0.1) is 5.92 Å². The van der Waals surface area contributed by atoms with Crippen molar-refractivity contribution in [2.75, 3.05) is 13.1 Å². The molecular formula is C16H23NO3. The number of benzene rings is 1. The molecule has 1 aliphatic rings. The Morgan fingerprint density at radius 1 is 1.40 bits per heavy atom. The Hall–Kier alpha value is -1.55. The lowest BCUT2D eigenvalue weighted by Crippen LogP contribution is -2.43. The zero-order valence-corrected chi connectivity index (χ0v) is 12.0. The highest BCUT2D eigenvalue weighted by molar-refractivity contribution is 5.70. The number of aliphatic carboxylic acids is 1. The van der Waals surface area contributed by atoms with E-state index in [2.05, 4.69) is 11.8 Å². The topological polar surface area (TPSA) is 60.8 Å². The fourth-order valence-corrected chi connectivity index (χ4v) is 3.00. The lowest BCUT2D eigenvalue weighted by Gasteiger charge is -2.36. The number of nitrogens with zero attached hydrogens (tertiary/aromatic N) is 1. The predicted octanol–water partition coefficient (Wildman–Crippen LogP) is 2.51. The normalized spacial score (nSPS) is 18.9. The van der Waals surface area contributed by atoms with Gasteiger partial charge in [-0.05, 0) is 56.5 Å².